The third kappa shape index (κ3) is 2.08. The fraction of sp³-hybridized carbons (Fsp3) is 0.364. The van der Waals surface area contributed by atoms with Crippen LogP contribution in [0.25, 0.3) is 0 Å². The van der Waals surface area contributed by atoms with Gasteiger partial charge in [-0.25, -0.2) is 4.79 Å². The van der Waals surface area contributed by atoms with Gasteiger partial charge in [0.2, 0.25) is 0 Å². The summed E-state index contributed by atoms with van der Waals surface area (Å²) in [6.45, 7) is 0.735. The van der Waals surface area contributed by atoms with E-state index in [-0.39, 0.29) is 11.3 Å². The van der Waals surface area contributed by atoms with E-state index in [4.69, 9.17) is 9.84 Å². The number of rotatable bonds is 4. The second-order valence-electron chi connectivity index (χ2n) is 3.65. The molecule has 6 heteroatoms. The summed E-state index contributed by atoms with van der Waals surface area (Å²) in [4.78, 5) is 10.5. The molecule has 1 aromatic rings. The SMILES string of the molecule is COc1ccccc1C(C)(O)C(F)(F)C(=O)O. The largest absolute Gasteiger partial charge is 0.496 e. The van der Waals surface area contributed by atoms with Crippen molar-refractivity contribution in [1.29, 1.82) is 0 Å². The van der Waals surface area contributed by atoms with Crippen molar-refractivity contribution in [1.82, 2.24) is 0 Å². The maximum absolute atomic E-state index is 13.4. The molecule has 0 heterocycles. The minimum atomic E-state index is -4.32. The van der Waals surface area contributed by atoms with E-state index in [9.17, 15) is 18.7 Å². The number of methoxy groups -OCH3 is 1. The molecule has 1 aromatic carbocycles. The number of benzene rings is 1. The molecule has 0 aliphatic carbocycles. The molecular formula is C11H12F2O4. The van der Waals surface area contributed by atoms with Gasteiger partial charge in [0.05, 0.1) is 7.11 Å². The number of para-hydroxylation sites is 1. The van der Waals surface area contributed by atoms with Gasteiger partial charge >= 0.3 is 11.9 Å². The van der Waals surface area contributed by atoms with Crippen LogP contribution in [0.15, 0.2) is 24.3 Å². The quantitative estimate of drug-likeness (QED) is 0.847. The van der Waals surface area contributed by atoms with E-state index in [0.29, 0.717) is 0 Å². The highest BCUT2D eigenvalue weighted by Gasteiger charge is 2.57. The number of hydrogen-bond donors (Lipinski definition) is 2. The molecule has 2 N–H and O–H groups in total. The van der Waals surface area contributed by atoms with Gasteiger partial charge in [-0.15, -0.1) is 0 Å². The monoisotopic (exact) mass is 246 g/mol. The Morgan fingerprint density at radius 3 is 2.35 bits per heavy atom. The number of carbonyl (C=O) groups is 1. The third-order valence-corrected chi connectivity index (χ3v) is 2.51. The number of carboxylic acid groups (broad SMARTS) is 1. The van der Waals surface area contributed by atoms with Crippen molar-refractivity contribution in [3.05, 3.63) is 29.8 Å². The lowest BCUT2D eigenvalue weighted by molar-refractivity contribution is -0.207. The standard InChI is InChI=1S/C11H12F2O4/c1-10(16,11(12,13)9(14)15)7-5-3-4-6-8(7)17-2/h3-6,16H,1-2H3,(H,14,15). The lowest BCUT2D eigenvalue weighted by Gasteiger charge is -2.30. The molecule has 1 rings (SSSR count). The molecule has 1 atom stereocenters. The minimum Gasteiger partial charge on any atom is -0.496 e. The molecule has 1 unspecified atom stereocenters. The Balaban J connectivity index is 3.35. The molecule has 0 aliphatic heterocycles. The topological polar surface area (TPSA) is 66.8 Å². The first-order chi connectivity index (χ1) is 7.75. The fourth-order valence-electron chi connectivity index (χ4n) is 1.42. The van der Waals surface area contributed by atoms with E-state index in [0.717, 1.165) is 6.92 Å². The summed E-state index contributed by atoms with van der Waals surface area (Å²) in [5, 5.41) is 18.2. The molecule has 4 nitrogen and oxygen atoms in total. The molecule has 94 valence electrons. The van der Waals surface area contributed by atoms with Crippen molar-refractivity contribution in [2.45, 2.75) is 18.4 Å². The van der Waals surface area contributed by atoms with E-state index < -0.39 is 17.5 Å². The molecule has 0 fully saturated rings. The summed E-state index contributed by atoms with van der Waals surface area (Å²) in [5.41, 5.74) is -3.14. The fourth-order valence-corrected chi connectivity index (χ4v) is 1.42. The molecule has 0 aliphatic rings. The first-order valence-corrected chi connectivity index (χ1v) is 4.72. The Bertz CT molecular complexity index is 429. The highest BCUT2D eigenvalue weighted by atomic mass is 19.3. The van der Waals surface area contributed by atoms with Crippen LogP contribution in [0.3, 0.4) is 0 Å². The maximum atomic E-state index is 13.4. The van der Waals surface area contributed by atoms with Crippen LogP contribution in [0.4, 0.5) is 8.78 Å². The van der Waals surface area contributed by atoms with Crippen molar-refractivity contribution in [3.63, 3.8) is 0 Å². The van der Waals surface area contributed by atoms with Crippen LogP contribution in [-0.4, -0.2) is 29.2 Å². The Morgan fingerprint density at radius 2 is 1.88 bits per heavy atom. The molecule has 0 radical (unpaired) electrons. The summed E-state index contributed by atoms with van der Waals surface area (Å²) in [6, 6.07) is 5.49. The second-order valence-corrected chi connectivity index (χ2v) is 3.65. The summed E-state index contributed by atoms with van der Waals surface area (Å²) >= 11 is 0. The van der Waals surface area contributed by atoms with Crippen LogP contribution in [0.1, 0.15) is 12.5 Å². The number of alkyl halides is 2. The smallest absolute Gasteiger partial charge is 0.378 e. The van der Waals surface area contributed by atoms with E-state index in [1.54, 1.807) is 0 Å². The Labute approximate surface area is 96.5 Å². The summed E-state index contributed by atoms with van der Waals surface area (Å²) in [6.07, 6.45) is 0. The van der Waals surface area contributed by atoms with Crippen molar-refractivity contribution in [3.8, 4) is 5.75 Å². The number of ether oxygens (including phenoxy) is 1. The van der Waals surface area contributed by atoms with E-state index in [1.165, 1.54) is 31.4 Å². The van der Waals surface area contributed by atoms with Gasteiger partial charge in [0.15, 0.2) is 5.60 Å². The summed E-state index contributed by atoms with van der Waals surface area (Å²) in [7, 11) is 1.24. The average molecular weight is 246 g/mol. The first-order valence-electron chi connectivity index (χ1n) is 4.72. The minimum absolute atomic E-state index is 0.00146. The van der Waals surface area contributed by atoms with Crippen LogP contribution in [0.2, 0.25) is 0 Å². The van der Waals surface area contributed by atoms with Gasteiger partial charge in [-0.1, -0.05) is 18.2 Å². The van der Waals surface area contributed by atoms with E-state index >= 15 is 0 Å². The zero-order valence-electron chi connectivity index (χ0n) is 9.28. The van der Waals surface area contributed by atoms with Gasteiger partial charge in [0.1, 0.15) is 5.75 Å². The molecule has 0 amide bonds. The van der Waals surface area contributed by atoms with Crippen LogP contribution >= 0.6 is 0 Å². The van der Waals surface area contributed by atoms with Crippen LogP contribution in [-0.2, 0) is 10.4 Å². The molecular weight excluding hydrogens is 234 g/mol. The van der Waals surface area contributed by atoms with E-state index in [1.807, 2.05) is 0 Å². The van der Waals surface area contributed by atoms with Gasteiger partial charge < -0.3 is 14.9 Å². The van der Waals surface area contributed by atoms with Crippen molar-refractivity contribution in [2.24, 2.45) is 0 Å². The summed E-state index contributed by atoms with van der Waals surface area (Å²) < 4.78 is 31.7. The molecule has 17 heavy (non-hydrogen) atoms. The van der Waals surface area contributed by atoms with Crippen LogP contribution in [0, 0.1) is 0 Å². The normalized spacial score (nSPS) is 15.1. The zero-order chi connectivity index (χ0) is 13.3. The first kappa shape index (κ1) is 13.4. The zero-order valence-corrected chi connectivity index (χ0v) is 9.28. The number of carboxylic acids is 1. The highest BCUT2D eigenvalue weighted by Crippen LogP contribution is 2.41. The van der Waals surface area contributed by atoms with Crippen molar-refractivity contribution in [2.75, 3.05) is 7.11 Å². The number of hydrogen-bond acceptors (Lipinski definition) is 3. The number of halogens is 2. The lowest BCUT2D eigenvalue weighted by atomic mass is 9.88. The second kappa shape index (κ2) is 4.29. The molecule has 0 spiro atoms. The Kier molecular flexibility index (Phi) is 3.38. The highest BCUT2D eigenvalue weighted by molar-refractivity contribution is 5.77. The number of aliphatic hydroxyl groups is 1. The average Bonchev–Trinajstić information content (AvgIpc) is 2.28. The van der Waals surface area contributed by atoms with E-state index in [2.05, 4.69) is 0 Å². The lowest BCUT2D eigenvalue weighted by Crippen LogP contribution is -2.49. The predicted molar refractivity (Wildman–Crippen MR) is 55.1 cm³/mol. The Hall–Kier alpha value is -1.69. The molecule has 0 bridgehead atoms. The maximum Gasteiger partial charge on any atom is 0.378 e. The van der Waals surface area contributed by atoms with Crippen molar-refractivity contribution >= 4 is 5.97 Å². The predicted octanol–water partition coefficient (Wildman–Crippen LogP) is 1.62. The van der Waals surface area contributed by atoms with Crippen molar-refractivity contribution < 1.29 is 28.5 Å². The molecule has 0 saturated heterocycles. The summed E-state index contributed by atoms with van der Waals surface area (Å²) in [5.74, 6) is -6.71. The van der Waals surface area contributed by atoms with Crippen LogP contribution < -0.4 is 4.74 Å². The molecule has 0 saturated carbocycles. The van der Waals surface area contributed by atoms with Gasteiger partial charge in [-0.3, -0.25) is 0 Å². The van der Waals surface area contributed by atoms with Gasteiger partial charge in [-0.05, 0) is 13.0 Å². The van der Waals surface area contributed by atoms with Gasteiger partial charge in [-0.2, -0.15) is 8.78 Å². The number of aliphatic carboxylic acids is 1. The van der Waals surface area contributed by atoms with Crippen LogP contribution in [0.5, 0.6) is 5.75 Å². The third-order valence-electron chi connectivity index (χ3n) is 2.51. The Morgan fingerprint density at radius 1 is 1.35 bits per heavy atom. The molecule has 0 aromatic heterocycles. The van der Waals surface area contributed by atoms with Gasteiger partial charge in [0, 0.05) is 5.56 Å². The van der Waals surface area contributed by atoms with Gasteiger partial charge in [0.25, 0.3) is 0 Å².